The molecule has 0 aromatic rings. The Labute approximate surface area is 97.7 Å². The molecule has 4 nitrogen and oxygen atoms in total. The lowest BCUT2D eigenvalue weighted by atomic mass is 10.2. The van der Waals surface area contributed by atoms with Crippen molar-refractivity contribution in [3.8, 4) is 6.07 Å². The molecule has 0 spiro atoms. The van der Waals surface area contributed by atoms with Gasteiger partial charge in [-0.2, -0.15) is 5.26 Å². The third-order valence-electron chi connectivity index (χ3n) is 2.10. The number of rotatable bonds is 8. The Kier molecular flexibility index (Phi) is 9.09. The van der Waals surface area contributed by atoms with Gasteiger partial charge in [0.05, 0.1) is 0 Å². The molecule has 0 aliphatic heterocycles. The topological polar surface area (TPSA) is 64.9 Å². The van der Waals surface area contributed by atoms with Gasteiger partial charge in [-0.1, -0.05) is 26.7 Å². The second kappa shape index (κ2) is 10.0. The number of nitrogens with one attached hydrogen (secondary N) is 2. The van der Waals surface area contributed by atoms with Gasteiger partial charge in [0, 0.05) is 19.3 Å². The smallest absolute Gasteiger partial charge is 0.263 e. The van der Waals surface area contributed by atoms with Gasteiger partial charge < -0.3 is 10.6 Å². The standard InChI is InChI=1S/C12H21N3O/c1-3-5-7-14-10-11(9-13)12(16)15-8-6-4-2/h10,14H,3-8H2,1-2H3,(H,15,16)/b11-10-. The van der Waals surface area contributed by atoms with Crippen molar-refractivity contribution in [2.75, 3.05) is 13.1 Å². The van der Waals surface area contributed by atoms with Crippen molar-refractivity contribution in [1.82, 2.24) is 10.6 Å². The second-order valence-electron chi connectivity index (χ2n) is 3.59. The first-order valence-corrected chi connectivity index (χ1v) is 5.88. The van der Waals surface area contributed by atoms with E-state index in [1.807, 2.05) is 6.07 Å². The summed E-state index contributed by atoms with van der Waals surface area (Å²) in [6, 6.07) is 1.89. The van der Waals surface area contributed by atoms with E-state index in [0.717, 1.165) is 32.2 Å². The van der Waals surface area contributed by atoms with Crippen LogP contribution in [0.15, 0.2) is 11.8 Å². The molecule has 2 N–H and O–H groups in total. The number of amides is 1. The molecule has 0 bridgehead atoms. The number of hydrogen-bond donors (Lipinski definition) is 2. The van der Waals surface area contributed by atoms with Crippen LogP contribution in [0, 0.1) is 11.3 Å². The minimum atomic E-state index is -0.292. The van der Waals surface area contributed by atoms with E-state index in [9.17, 15) is 4.79 Å². The van der Waals surface area contributed by atoms with Crippen molar-refractivity contribution >= 4 is 5.91 Å². The van der Waals surface area contributed by atoms with E-state index >= 15 is 0 Å². The largest absolute Gasteiger partial charge is 0.390 e. The van der Waals surface area contributed by atoms with Crippen LogP contribution in [-0.2, 0) is 4.79 Å². The maximum Gasteiger partial charge on any atom is 0.263 e. The Hall–Kier alpha value is -1.50. The number of nitrogens with zero attached hydrogens (tertiary/aromatic N) is 1. The first-order valence-electron chi connectivity index (χ1n) is 5.88. The molecule has 1 amide bonds. The number of unbranched alkanes of at least 4 members (excludes halogenated alkanes) is 2. The molecule has 0 fully saturated rings. The first kappa shape index (κ1) is 14.5. The van der Waals surface area contributed by atoms with Gasteiger partial charge in [-0.25, -0.2) is 0 Å². The van der Waals surface area contributed by atoms with E-state index in [-0.39, 0.29) is 11.5 Å². The van der Waals surface area contributed by atoms with Crippen LogP contribution in [0.25, 0.3) is 0 Å². The first-order chi connectivity index (χ1) is 7.76. The van der Waals surface area contributed by atoms with Gasteiger partial charge in [0.2, 0.25) is 0 Å². The molecule has 0 aliphatic carbocycles. The molecule has 0 aromatic heterocycles. The average molecular weight is 223 g/mol. The molecule has 0 rings (SSSR count). The minimum absolute atomic E-state index is 0.146. The summed E-state index contributed by atoms with van der Waals surface area (Å²) >= 11 is 0. The molecule has 0 aromatic carbocycles. The lowest BCUT2D eigenvalue weighted by Crippen LogP contribution is -2.26. The second-order valence-corrected chi connectivity index (χ2v) is 3.59. The molecular formula is C12H21N3O. The fourth-order valence-electron chi connectivity index (χ4n) is 1.08. The summed E-state index contributed by atoms with van der Waals surface area (Å²) in [6.45, 7) is 5.57. The van der Waals surface area contributed by atoms with E-state index in [1.165, 1.54) is 6.20 Å². The minimum Gasteiger partial charge on any atom is -0.390 e. The zero-order chi connectivity index (χ0) is 12.2. The van der Waals surface area contributed by atoms with Crippen LogP contribution in [0.4, 0.5) is 0 Å². The molecule has 0 radical (unpaired) electrons. The van der Waals surface area contributed by atoms with Gasteiger partial charge in [-0.3, -0.25) is 4.79 Å². The zero-order valence-corrected chi connectivity index (χ0v) is 10.2. The summed E-state index contributed by atoms with van der Waals surface area (Å²) in [5, 5.41) is 14.5. The van der Waals surface area contributed by atoms with Crippen LogP contribution in [0.3, 0.4) is 0 Å². The SMILES string of the molecule is CCCCN/C=C(/C#N)C(=O)NCCCC. The lowest BCUT2D eigenvalue weighted by Gasteiger charge is -2.03. The van der Waals surface area contributed by atoms with E-state index in [0.29, 0.717) is 6.54 Å². The Morgan fingerprint density at radius 3 is 2.44 bits per heavy atom. The molecule has 0 aliphatic rings. The van der Waals surface area contributed by atoms with Crippen molar-refractivity contribution in [3.63, 3.8) is 0 Å². The van der Waals surface area contributed by atoms with Crippen LogP contribution in [-0.4, -0.2) is 19.0 Å². The molecule has 0 heterocycles. The molecule has 16 heavy (non-hydrogen) atoms. The predicted octanol–water partition coefficient (Wildman–Crippen LogP) is 1.70. The summed E-state index contributed by atoms with van der Waals surface area (Å²) in [6.07, 6.45) is 5.59. The molecule has 0 saturated heterocycles. The number of nitriles is 1. The molecule has 90 valence electrons. The van der Waals surface area contributed by atoms with Crippen LogP contribution >= 0.6 is 0 Å². The fourth-order valence-corrected chi connectivity index (χ4v) is 1.08. The molecule has 0 saturated carbocycles. The maximum absolute atomic E-state index is 11.5. The van der Waals surface area contributed by atoms with Crippen molar-refractivity contribution in [2.24, 2.45) is 0 Å². The average Bonchev–Trinajstić information content (AvgIpc) is 2.29. The zero-order valence-electron chi connectivity index (χ0n) is 10.2. The summed E-state index contributed by atoms with van der Waals surface area (Å²) < 4.78 is 0. The summed E-state index contributed by atoms with van der Waals surface area (Å²) in [7, 11) is 0. The maximum atomic E-state index is 11.5. The van der Waals surface area contributed by atoms with Crippen LogP contribution in [0.1, 0.15) is 39.5 Å². The summed E-state index contributed by atoms with van der Waals surface area (Å²) in [5.41, 5.74) is 0.146. The normalized spacial score (nSPS) is 10.7. The van der Waals surface area contributed by atoms with Gasteiger partial charge >= 0.3 is 0 Å². The van der Waals surface area contributed by atoms with Crippen molar-refractivity contribution in [1.29, 1.82) is 5.26 Å². The fraction of sp³-hybridized carbons (Fsp3) is 0.667. The highest BCUT2D eigenvalue weighted by Crippen LogP contribution is 1.92. The summed E-state index contributed by atoms with van der Waals surface area (Å²) in [4.78, 5) is 11.5. The van der Waals surface area contributed by atoms with Crippen LogP contribution in [0.5, 0.6) is 0 Å². The van der Waals surface area contributed by atoms with E-state index in [4.69, 9.17) is 5.26 Å². The third-order valence-corrected chi connectivity index (χ3v) is 2.10. The van der Waals surface area contributed by atoms with Gasteiger partial charge in [-0.15, -0.1) is 0 Å². The van der Waals surface area contributed by atoms with E-state index in [2.05, 4.69) is 24.5 Å². The highest BCUT2D eigenvalue weighted by Gasteiger charge is 2.06. The predicted molar refractivity (Wildman–Crippen MR) is 64.5 cm³/mol. The quantitative estimate of drug-likeness (QED) is 0.374. The molecule has 0 unspecified atom stereocenters. The van der Waals surface area contributed by atoms with E-state index in [1.54, 1.807) is 0 Å². The molecular weight excluding hydrogens is 202 g/mol. The Balaban J connectivity index is 3.96. The summed E-state index contributed by atoms with van der Waals surface area (Å²) in [5.74, 6) is -0.292. The van der Waals surface area contributed by atoms with Crippen LogP contribution < -0.4 is 10.6 Å². The van der Waals surface area contributed by atoms with Gasteiger partial charge in [0.1, 0.15) is 11.6 Å². The van der Waals surface area contributed by atoms with Crippen molar-refractivity contribution in [2.45, 2.75) is 39.5 Å². The van der Waals surface area contributed by atoms with Gasteiger partial charge in [0.25, 0.3) is 5.91 Å². The Morgan fingerprint density at radius 2 is 1.88 bits per heavy atom. The lowest BCUT2D eigenvalue weighted by molar-refractivity contribution is -0.117. The van der Waals surface area contributed by atoms with Crippen molar-refractivity contribution in [3.05, 3.63) is 11.8 Å². The Bertz CT molecular complexity index is 266. The number of carbonyl (C=O) groups is 1. The van der Waals surface area contributed by atoms with Gasteiger partial charge in [0.15, 0.2) is 0 Å². The Morgan fingerprint density at radius 1 is 1.25 bits per heavy atom. The number of hydrogen-bond acceptors (Lipinski definition) is 3. The highest BCUT2D eigenvalue weighted by atomic mass is 16.1. The highest BCUT2D eigenvalue weighted by molar-refractivity contribution is 5.97. The molecule has 4 heteroatoms. The van der Waals surface area contributed by atoms with Crippen molar-refractivity contribution < 1.29 is 4.79 Å². The number of carbonyl (C=O) groups excluding carboxylic acids is 1. The van der Waals surface area contributed by atoms with Crippen LogP contribution in [0.2, 0.25) is 0 Å². The van der Waals surface area contributed by atoms with E-state index < -0.39 is 0 Å². The third kappa shape index (κ3) is 6.88. The molecule has 0 atom stereocenters. The van der Waals surface area contributed by atoms with Gasteiger partial charge in [-0.05, 0) is 12.8 Å². The monoisotopic (exact) mass is 223 g/mol.